The summed E-state index contributed by atoms with van der Waals surface area (Å²) in [5, 5.41) is 14.4. The predicted octanol–water partition coefficient (Wildman–Crippen LogP) is 3.31. The maximum atomic E-state index is 13.9. The number of nitro benzene ring substituents is 1. The fourth-order valence-corrected chi connectivity index (χ4v) is 3.28. The number of nitrogens with one attached hydrogen (secondary N) is 1. The largest absolute Gasteiger partial charge is 0.363 e. The smallest absolute Gasteiger partial charge is 0.293 e. The summed E-state index contributed by atoms with van der Waals surface area (Å²) in [6.07, 6.45) is 4.00. The van der Waals surface area contributed by atoms with Gasteiger partial charge in [0.2, 0.25) is 0 Å². The molecule has 5 nitrogen and oxygen atoms in total. The van der Waals surface area contributed by atoms with Crippen molar-refractivity contribution in [1.29, 1.82) is 0 Å². The molecule has 0 aromatic heterocycles. The Morgan fingerprint density at radius 3 is 2.95 bits per heavy atom. The van der Waals surface area contributed by atoms with Crippen LogP contribution in [0.5, 0.6) is 0 Å². The van der Waals surface area contributed by atoms with Crippen LogP contribution < -0.4 is 10.2 Å². The van der Waals surface area contributed by atoms with Gasteiger partial charge in [-0.15, -0.1) is 0 Å². The van der Waals surface area contributed by atoms with Gasteiger partial charge < -0.3 is 10.2 Å². The Balaban J connectivity index is 2.37. The molecule has 1 N–H and O–H groups in total. The molecule has 0 saturated carbocycles. The molecule has 0 radical (unpaired) electrons. The van der Waals surface area contributed by atoms with Crippen LogP contribution in [0.4, 0.5) is 15.8 Å². The Kier molecular flexibility index (Phi) is 5.74. The molecule has 1 unspecified atom stereocenters. The minimum Gasteiger partial charge on any atom is -0.363 e. The standard InChI is InChI=1S/C14H19FIN3O2/c1-17-6-5-10-4-2-3-7-18(10)13-8-11(15)12(16)9-14(13)19(20)21/h8-10,17H,2-7H2,1H3. The van der Waals surface area contributed by atoms with Crippen molar-refractivity contribution >= 4 is 34.0 Å². The average Bonchev–Trinajstić information content (AvgIpc) is 2.47. The Bertz CT molecular complexity index is 527. The second-order valence-electron chi connectivity index (χ2n) is 5.25. The molecule has 1 atom stereocenters. The summed E-state index contributed by atoms with van der Waals surface area (Å²) in [6.45, 7) is 1.59. The molecule has 2 rings (SSSR count). The van der Waals surface area contributed by atoms with Gasteiger partial charge >= 0.3 is 0 Å². The lowest BCUT2D eigenvalue weighted by atomic mass is 9.98. The SMILES string of the molecule is CNCCC1CCCCN1c1cc(F)c(I)cc1[N+](=O)[O-]. The van der Waals surface area contributed by atoms with Crippen molar-refractivity contribution < 1.29 is 9.31 Å². The molecule has 0 bridgehead atoms. The zero-order chi connectivity index (χ0) is 15.4. The van der Waals surface area contributed by atoms with Crippen molar-refractivity contribution in [2.45, 2.75) is 31.7 Å². The summed E-state index contributed by atoms with van der Waals surface area (Å²) in [6, 6.07) is 2.87. The van der Waals surface area contributed by atoms with Gasteiger partial charge in [-0.2, -0.15) is 0 Å². The number of halogens is 2. The first-order valence-electron chi connectivity index (χ1n) is 7.09. The van der Waals surface area contributed by atoms with E-state index in [0.717, 1.165) is 38.8 Å². The lowest BCUT2D eigenvalue weighted by molar-refractivity contribution is -0.384. The van der Waals surface area contributed by atoms with Crippen LogP contribution in [-0.4, -0.2) is 31.1 Å². The minimum absolute atomic E-state index is 0.00263. The lowest BCUT2D eigenvalue weighted by Gasteiger charge is -2.37. The summed E-state index contributed by atoms with van der Waals surface area (Å²) >= 11 is 1.79. The summed E-state index contributed by atoms with van der Waals surface area (Å²) in [5.41, 5.74) is 0.413. The predicted molar refractivity (Wildman–Crippen MR) is 89.3 cm³/mol. The van der Waals surface area contributed by atoms with Crippen LogP contribution in [0.25, 0.3) is 0 Å². The number of nitrogens with zero attached hydrogens (tertiary/aromatic N) is 2. The Hall–Kier alpha value is -0.960. The molecule has 1 aliphatic heterocycles. The number of rotatable bonds is 5. The third-order valence-electron chi connectivity index (χ3n) is 3.88. The van der Waals surface area contributed by atoms with E-state index in [4.69, 9.17) is 0 Å². The van der Waals surface area contributed by atoms with E-state index < -0.39 is 10.7 Å². The van der Waals surface area contributed by atoms with Crippen LogP contribution in [-0.2, 0) is 0 Å². The van der Waals surface area contributed by atoms with Crippen LogP contribution in [0.1, 0.15) is 25.7 Å². The van der Waals surface area contributed by atoms with Crippen LogP contribution in [0.15, 0.2) is 12.1 Å². The molecule has 7 heteroatoms. The third kappa shape index (κ3) is 3.82. The second kappa shape index (κ2) is 7.35. The van der Waals surface area contributed by atoms with E-state index in [1.807, 2.05) is 11.9 Å². The summed E-state index contributed by atoms with van der Waals surface area (Å²) in [5.74, 6) is -0.394. The fraction of sp³-hybridized carbons (Fsp3) is 0.571. The number of piperidine rings is 1. The van der Waals surface area contributed by atoms with Gasteiger partial charge in [-0.1, -0.05) is 0 Å². The molecule has 0 aliphatic carbocycles. The van der Waals surface area contributed by atoms with Crippen LogP contribution in [0, 0.1) is 19.5 Å². The Labute approximate surface area is 137 Å². The highest BCUT2D eigenvalue weighted by atomic mass is 127. The van der Waals surface area contributed by atoms with E-state index in [9.17, 15) is 14.5 Å². The van der Waals surface area contributed by atoms with Gasteiger partial charge in [0.15, 0.2) is 0 Å². The first kappa shape index (κ1) is 16.4. The molecule has 1 saturated heterocycles. The zero-order valence-electron chi connectivity index (χ0n) is 11.9. The summed E-state index contributed by atoms with van der Waals surface area (Å²) in [7, 11) is 1.89. The lowest BCUT2D eigenvalue weighted by Crippen LogP contribution is -2.41. The van der Waals surface area contributed by atoms with Gasteiger partial charge in [-0.05, 0) is 61.9 Å². The molecule has 116 valence electrons. The van der Waals surface area contributed by atoms with Crippen molar-refractivity contribution in [3.8, 4) is 0 Å². The topological polar surface area (TPSA) is 58.4 Å². The second-order valence-corrected chi connectivity index (χ2v) is 6.41. The Morgan fingerprint density at radius 2 is 2.29 bits per heavy atom. The third-order valence-corrected chi connectivity index (χ3v) is 4.70. The Morgan fingerprint density at radius 1 is 1.52 bits per heavy atom. The van der Waals surface area contributed by atoms with Gasteiger partial charge in [0.05, 0.1) is 8.49 Å². The molecule has 1 aliphatic rings. The van der Waals surface area contributed by atoms with Crippen molar-refractivity contribution in [3.63, 3.8) is 0 Å². The number of nitro groups is 1. The highest BCUT2D eigenvalue weighted by Crippen LogP contribution is 2.36. The van der Waals surface area contributed by atoms with Crippen molar-refractivity contribution in [1.82, 2.24) is 5.32 Å². The van der Waals surface area contributed by atoms with E-state index in [2.05, 4.69) is 5.32 Å². The van der Waals surface area contributed by atoms with Crippen LogP contribution in [0.3, 0.4) is 0 Å². The fourth-order valence-electron chi connectivity index (χ4n) is 2.83. The van der Waals surface area contributed by atoms with Crippen LogP contribution in [0.2, 0.25) is 0 Å². The van der Waals surface area contributed by atoms with Crippen LogP contribution >= 0.6 is 22.6 Å². The normalized spacial score (nSPS) is 18.8. The highest BCUT2D eigenvalue weighted by molar-refractivity contribution is 14.1. The molecular formula is C14H19FIN3O2. The molecule has 1 aromatic rings. The number of benzene rings is 1. The van der Waals surface area contributed by atoms with Crippen molar-refractivity contribution in [2.24, 2.45) is 0 Å². The van der Waals surface area contributed by atoms with E-state index in [-0.39, 0.29) is 15.3 Å². The van der Waals surface area contributed by atoms with Gasteiger partial charge in [0.25, 0.3) is 5.69 Å². The minimum atomic E-state index is -0.416. The van der Waals surface area contributed by atoms with Gasteiger partial charge in [0.1, 0.15) is 11.5 Å². The first-order chi connectivity index (χ1) is 10.0. The molecule has 0 amide bonds. The highest BCUT2D eigenvalue weighted by Gasteiger charge is 2.29. The van der Waals surface area contributed by atoms with E-state index >= 15 is 0 Å². The van der Waals surface area contributed by atoms with E-state index in [1.165, 1.54) is 12.1 Å². The number of hydrogen-bond donors (Lipinski definition) is 1. The van der Waals surface area contributed by atoms with Gasteiger partial charge in [-0.3, -0.25) is 10.1 Å². The molecule has 21 heavy (non-hydrogen) atoms. The molecule has 1 aromatic carbocycles. The quantitative estimate of drug-likeness (QED) is 0.462. The average molecular weight is 407 g/mol. The summed E-state index contributed by atoms with van der Waals surface area (Å²) in [4.78, 5) is 12.9. The maximum absolute atomic E-state index is 13.9. The number of hydrogen-bond acceptors (Lipinski definition) is 4. The summed E-state index contributed by atoms with van der Waals surface area (Å²) < 4.78 is 14.2. The van der Waals surface area contributed by atoms with E-state index in [0.29, 0.717) is 5.69 Å². The molecule has 0 spiro atoms. The first-order valence-corrected chi connectivity index (χ1v) is 8.17. The number of anilines is 1. The van der Waals surface area contributed by atoms with Gasteiger partial charge in [0, 0.05) is 24.7 Å². The monoisotopic (exact) mass is 407 g/mol. The van der Waals surface area contributed by atoms with Crippen molar-refractivity contribution in [3.05, 3.63) is 31.6 Å². The van der Waals surface area contributed by atoms with E-state index in [1.54, 1.807) is 22.6 Å². The maximum Gasteiger partial charge on any atom is 0.293 e. The molecule has 1 fully saturated rings. The molecular weight excluding hydrogens is 388 g/mol. The van der Waals surface area contributed by atoms with Gasteiger partial charge in [-0.25, -0.2) is 4.39 Å². The zero-order valence-corrected chi connectivity index (χ0v) is 14.1. The van der Waals surface area contributed by atoms with Crippen molar-refractivity contribution in [2.75, 3.05) is 25.0 Å². The molecule has 1 heterocycles.